The van der Waals surface area contributed by atoms with E-state index in [0.717, 1.165) is 19.3 Å². The first-order chi connectivity index (χ1) is 17.2. The molecule has 0 nitrogen and oxygen atoms in total. The largest absolute Gasteiger partial charge is 0.0654 e. The second-order valence-corrected chi connectivity index (χ2v) is 12.0. The number of hydrogen-bond acceptors (Lipinski definition) is 0. The van der Waals surface area contributed by atoms with Gasteiger partial charge in [-0.1, -0.05) is 139 Å². The van der Waals surface area contributed by atoms with Gasteiger partial charge in [0.1, 0.15) is 0 Å². The molecule has 0 aliphatic rings. The van der Waals surface area contributed by atoms with E-state index in [2.05, 4.69) is 94.4 Å². The highest BCUT2D eigenvalue weighted by atomic mass is 31.1. The maximum absolute atomic E-state index is 2.61. The summed E-state index contributed by atoms with van der Waals surface area (Å²) in [6, 6.07) is 25.2. The Morgan fingerprint density at radius 2 is 1.03 bits per heavy atom. The summed E-state index contributed by atoms with van der Waals surface area (Å²) in [5.41, 5.74) is 6.53. The van der Waals surface area contributed by atoms with Crippen LogP contribution in [-0.4, -0.2) is 0 Å². The summed E-state index contributed by atoms with van der Waals surface area (Å²) in [7, 11) is -0.563. The van der Waals surface area contributed by atoms with Crippen molar-refractivity contribution in [1.29, 1.82) is 0 Å². The van der Waals surface area contributed by atoms with Crippen LogP contribution in [0.2, 0.25) is 0 Å². The fourth-order valence-electron chi connectivity index (χ4n) is 5.55. The molecule has 0 heterocycles. The van der Waals surface area contributed by atoms with Crippen LogP contribution in [0.1, 0.15) is 101 Å². The predicted molar refractivity (Wildman–Crippen MR) is 160 cm³/mol. The fourth-order valence-corrected chi connectivity index (χ4v) is 8.14. The van der Waals surface area contributed by atoms with E-state index in [-0.39, 0.29) is 0 Å². The van der Waals surface area contributed by atoms with Gasteiger partial charge in [-0.05, 0) is 78.2 Å². The standard InChI is InChI=1S/C34H47P/c1-5-9-10-11-12-13-14-21-26-33-32(8-4)31(7-3)28(6-2)27-34(33)35(29-22-17-15-18-23-29)30-24-19-16-20-25-30/h15-20,22-25,27H,5-14,21,26H2,1-4H3. The molecule has 0 bridgehead atoms. The van der Waals surface area contributed by atoms with Gasteiger partial charge >= 0.3 is 0 Å². The first kappa shape index (κ1) is 27.7. The smallest absolute Gasteiger partial charge is 0.0113 e. The molecule has 3 aromatic carbocycles. The van der Waals surface area contributed by atoms with Gasteiger partial charge in [0.15, 0.2) is 0 Å². The molecular weight excluding hydrogens is 439 g/mol. The van der Waals surface area contributed by atoms with E-state index >= 15 is 0 Å². The Morgan fingerprint density at radius 1 is 0.514 bits per heavy atom. The van der Waals surface area contributed by atoms with E-state index < -0.39 is 7.92 Å². The quantitative estimate of drug-likeness (QED) is 0.149. The van der Waals surface area contributed by atoms with Crippen LogP contribution in [0.3, 0.4) is 0 Å². The van der Waals surface area contributed by atoms with Crippen LogP contribution >= 0.6 is 7.92 Å². The van der Waals surface area contributed by atoms with Crippen molar-refractivity contribution in [3.63, 3.8) is 0 Å². The van der Waals surface area contributed by atoms with Crippen molar-refractivity contribution in [2.24, 2.45) is 0 Å². The molecule has 0 saturated heterocycles. The molecule has 0 aromatic heterocycles. The van der Waals surface area contributed by atoms with Crippen LogP contribution in [0.15, 0.2) is 66.7 Å². The van der Waals surface area contributed by atoms with Crippen molar-refractivity contribution in [2.75, 3.05) is 0 Å². The van der Waals surface area contributed by atoms with E-state index in [1.807, 2.05) is 0 Å². The Balaban J connectivity index is 1.99. The minimum atomic E-state index is -0.563. The predicted octanol–water partition coefficient (Wildman–Crippen LogP) is 8.82. The molecule has 0 radical (unpaired) electrons. The van der Waals surface area contributed by atoms with Crippen LogP contribution < -0.4 is 15.9 Å². The number of rotatable bonds is 15. The summed E-state index contributed by atoms with van der Waals surface area (Å²) < 4.78 is 0. The molecule has 0 amide bonds. The van der Waals surface area contributed by atoms with Crippen LogP contribution in [0.25, 0.3) is 0 Å². The van der Waals surface area contributed by atoms with E-state index in [1.54, 1.807) is 27.6 Å². The summed E-state index contributed by atoms with van der Waals surface area (Å²) in [6.07, 6.45) is 15.7. The normalized spacial score (nSPS) is 11.3. The molecule has 0 fully saturated rings. The van der Waals surface area contributed by atoms with Gasteiger partial charge in [0.05, 0.1) is 0 Å². The highest BCUT2D eigenvalue weighted by Crippen LogP contribution is 2.37. The molecule has 0 N–H and O–H groups in total. The van der Waals surface area contributed by atoms with Crippen LogP contribution in [0.4, 0.5) is 0 Å². The second kappa shape index (κ2) is 15.3. The third-order valence-electron chi connectivity index (χ3n) is 7.37. The van der Waals surface area contributed by atoms with Crippen LogP contribution in [-0.2, 0) is 25.7 Å². The third-order valence-corrected chi connectivity index (χ3v) is 9.88. The Hall–Kier alpha value is -1.91. The van der Waals surface area contributed by atoms with E-state index in [4.69, 9.17) is 0 Å². The van der Waals surface area contributed by atoms with Crippen molar-refractivity contribution in [3.05, 3.63) is 89.0 Å². The van der Waals surface area contributed by atoms with E-state index in [9.17, 15) is 0 Å². The van der Waals surface area contributed by atoms with E-state index in [1.165, 1.54) is 68.4 Å². The molecule has 0 saturated carbocycles. The van der Waals surface area contributed by atoms with Gasteiger partial charge in [-0.15, -0.1) is 0 Å². The molecule has 1 heteroatoms. The Bertz CT molecular complexity index is 951. The highest BCUT2D eigenvalue weighted by molar-refractivity contribution is 7.79. The number of unbranched alkanes of at least 4 members (excludes halogenated alkanes) is 7. The van der Waals surface area contributed by atoms with Gasteiger partial charge in [-0.25, -0.2) is 0 Å². The minimum Gasteiger partial charge on any atom is -0.0654 e. The zero-order valence-electron chi connectivity index (χ0n) is 22.8. The maximum Gasteiger partial charge on any atom is -0.0113 e. The zero-order valence-corrected chi connectivity index (χ0v) is 23.7. The first-order valence-electron chi connectivity index (χ1n) is 14.3. The van der Waals surface area contributed by atoms with Gasteiger partial charge < -0.3 is 0 Å². The average molecular weight is 487 g/mol. The van der Waals surface area contributed by atoms with Crippen LogP contribution in [0, 0.1) is 0 Å². The SMILES string of the molecule is CCCCCCCCCCc1c(P(c2ccccc2)c2ccccc2)cc(CC)c(CC)c1CC. The molecule has 0 spiro atoms. The van der Waals surface area contributed by atoms with Crippen LogP contribution in [0.5, 0.6) is 0 Å². The van der Waals surface area contributed by atoms with Crippen molar-refractivity contribution >= 4 is 23.8 Å². The molecule has 188 valence electrons. The lowest BCUT2D eigenvalue weighted by Gasteiger charge is -2.27. The molecule has 3 aromatic rings. The summed E-state index contributed by atoms with van der Waals surface area (Å²) in [5, 5.41) is 4.56. The summed E-state index contributed by atoms with van der Waals surface area (Å²) in [6.45, 7) is 9.37. The summed E-state index contributed by atoms with van der Waals surface area (Å²) in [4.78, 5) is 0. The van der Waals surface area contributed by atoms with Gasteiger partial charge in [-0.3, -0.25) is 0 Å². The number of benzene rings is 3. The number of hydrogen-bond donors (Lipinski definition) is 0. The summed E-state index contributed by atoms with van der Waals surface area (Å²) in [5.74, 6) is 0. The van der Waals surface area contributed by atoms with Crippen molar-refractivity contribution in [1.82, 2.24) is 0 Å². The van der Waals surface area contributed by atoms with E-state index in [0.29, 0.717) is 0 Å². The molecule has 0 aliphatic carbocycles. The Kier molecular flexibility index (Phi) is 12.1. The van der Waals surface area contributed by atoms with Crippen molar-refractivity contribution in [3.8, 4) is 0 Å². The van der Waals surface area contributed by atoms with Gasteiger partial charge in [0.2, 0.25) is 0 Å². The second-order valence-electron chi connectivity index (χ2n) is 9.78. The molecule has 0 aliphatic heterocycles. The monoisotopic (exact) mass is 486 g/mol. The minimum absolute atomic E-state index is 0.563. The zero-order chi connectivity index (χ0) is 24.9. The average Bonchev–Trinajstić information content (AvgIpc) is 2.91. The Morgan fingerprint density at radius 3 is 1.51 bits per heavy atom. The molecule has 0 unspecified atom stereocenters. The van der Waals surface area contributed by atoms with Gasteiger partial charge in [-0.2, -0.15) is 0 Å². The number of aryl methyl sites for hydroxylation is 1. The Labute approximate surface area is 217 Å². The summed E-state index contributed by atoms with van der Waals surface area (Å²) >= 11 is 0. The molecule has 3 rings (SSSR count). The fraction of sp³-hybridized carbons (Fsp3) is 0.471. The molecule has 35 heavy (non-hydrogen) atoms. The van der Waals surface area contributed by atoms with Gasteiger partial charge in [0.25, 0.3) is 0 Å². The third kappa shape index (κ3) is 7.54. The lowest BCUT2D eigenvalue weighted by atomic mass is 9.89. The maximum atomic E-state index is 2.61. The highest BCUT2D eigenvalue weighted by Gasteiger charge is 2.23. The van der Waals surface area contributed by atoms with Crippen molar-refractivity contribution < 1.29 is 0 Å². The molecular formula is C34H47P. The van der Waals surface area contributed by atoms with Gasteiger partial charge in [0, 0.05) is 0 Å². The molecule has 0 atom stereocenters. The topological polar surface area (TPSA) is 0 Å². The lowest BCUT2D eigenvalue weighted by Crippen LogP contribution is -2.26. The first-order valence-corrected chi connectivity index (χ1v) is 15.7. The lowest BCUT2D eigenvalue weighted by molar-refractivity contribution is 0.575. The van der Waals surface area contributed by atoms with Crippen molar-refractivity contribution in [2.45, 2.75) is 105 Å².